The van der Waals surface area contributed by atoms with Crippen LogP contribution >= 0.6 is 11.3 Å². The van der Waals surface area contributed by atoms with Gasteiger partial charge in [0.15, 0.2) is 5.76 Å². The summed E-state index contributed by atoms with van der Waals surface area (Å²) < 4.78 is 11.1. The molecule has 0 aliphatic carbocycles. The van der Waals surface area contributed by atoms with Crippen LogP contribution in [0.25, 0.3) is 11.0 Å². The fourth-order valence-electron chi connectivity index (χ4n) is 3.76. The molecule has 1 aliphatic rings. The first-order valence-corrected chi connectivity index (χ1v) is 10.2. The number of furan rings is 1. The topological polar surface area (TPSA) is 54.7 Å². The number of carbonyl (C=O) groups excluding carboxylic acids is 1. The second-order valence-corrected chi connectivity index (χ2v) is 7.88. The summed E-state index contributed by atoms with van der Waals surface area (Å²) in [7, 11) is 1.63. The zero-order valence-corrected chi connectivity index (χ0v) is 16.5. The molecule has 1 amide bonds. The number of hydrogen-bond acceptors (Lipinski definition) is 5. The highest BCUT2D eigenvalue weighted by atomic mass is 32.1. The van der Waals surface area contributed by atoms with Gasteiger partial charge in [-0.15, -0.1) is 11.3 Å². The van der Waals surface area contributed by atoms with Gasteiger partial charge in [-0.25, -0.2) is 0 Å². The van der Waals surface area contributed by atoms with Crippen molar-refractivity contribution in [1.29, 1.82) is 0 Å². The van der Waals surface area contributed by atoms with Crippen LogP contribution in [0.4, 0.5) is 0 Å². The lowest BCUT2D eigenvalue weighted by Gasteiger charge is -2.26. The summed E-state index contributed by atoms with van der Waals surface area (Å²) in [5.41, 5.74) is 1.54. The van der Waals surface area contributed by atoms with Crippen molar-refractivity contribution in [3.05, 3.63) is 51.9 Å². The third kappa shape index (κ3) is 3.59. The lowest BCUT2D eigenvalue weighted by Crippen LogP contribution is -2.36. The number of fused-ring (bicyclic) bond motifs is 1. The minimum Gasteiger partial charge on any atom is -0.497 e. The van der Waals surface area contributed by atoms with E-state index in [-0.39, 0.29) is 11.9 Å². The molecule has 142 valence electrons. The molecule has 5 nitrogen and oxygen atoms in total. The molecule has 27 heavy (non-hydrogen) atoms. The van der Waals surface area contributed by atoms with Gasteiger partial charge >= 0.3 is 0 Å². The van der Waals surface area contributed by atoms with E-state index < -0.39 is 0 Å². The van der Waals surface area contributed by atoms with Crippen LogP contribution in [0.1, 0.15) is 39.9 Å². The Bertz CT molecular complexity index is 926. The van der Waals surface area contributed by atoms with Gasteiger partial charge in [0.25, 0.3) is 5.91 Å². The largest absolute Gasteiger partial charge is 0.497 e. The summed E-state index contributed by atoms with van der Waals surface area (Å²) in [6.07, 6.45) is 2.45. The Morgan fingerprint density at radius 3 is 2.85 bits per heavy atom. The maximum Gasteiger partial charge on any atom is 0.287 e. The van der Waals surface area contributed by atoms with Crippen molar-refractivity contribution in [2.45, 2.75) is 25.8 Å². The molecule has 6 heteroatoms. The standard InChI is InChI=1S/C21H24N2O3S/c1-14-16-12-15(25-2)7-8-18(16)26-20(14)21(24)22-13-17(19-6-5-11-27-19)23-9-3-4-10-23/h5-8,11-12,17H,3-4,9-10,13H2,1-2H3,(H,22,24)/t17-/m1/s1. The smallest absolute Gasteiger partial charge is 0.287 e. The van der Waals surface area contributed by atoms with Crippen LogP contribution in [0.15, 0.2) is 40.1 Å². The molecule has 0 spiro atoms. The number of nitrogens with one attached hydrogen (secondary N) is 1. The van der Waals surface area contributed by atoms with Gasteiger partial charge in [0.1, 0.15) is 11.3 Å². The fourth-order valence-corrected chi connectivity index (χ4v) is 4.62. The zero-order chi connectivity index (χ0) is 18.8. The van der Waals surface area contributed by atoms with E-state index in [2.05, 4.69) is 27.7 Å². The molecule has 0 bridgehead atoms. The number of ether oxygens (including phenoxy) is 1. The minimum absolute atomic E-state index is 0.164. The average molecular weight is 385 g/mol. The first kappa shape index (κ1) is 18.1. The van der Waals surface area contributed by atoms with E-state index in [4.69, 9.17) is 9.15 Å². The van der Waals surface area contributed by atoms with E-state index in [0.717, 1.165) is 29.8 Å². The van der Waals surface area contributed by atoms with Crippen LogP contribution in [0, 0.1) is 6.92 Å². The number of hydrogen-bond donors (Lipinski definition) is 1. The molecular weight excluding hydrogens is 360 g/mol. The van der Waals surface area contributed by atoms with Gasteiger partial charge in [-0.3, -0.25) is 9.69 Å². The van der Waals surface area contributed by atoms with Crippen molar-refractivity contribution >= 4 is 28.2 Å². The normalized spacial score (nSPS) is 15.9. The van der Waals surface area contributed by atoms with Crippen molar-refractivity contribution < 1.29 is 13.9 Å². The Balaban J connectivity index is 1.52. The summed E-state index contributed by atoms with van der Waals surface area (Å²) in [5, 5.41) is 6.10. The maximum absolute atomic E-state index is 12.8. The van der Waals surface area contributed by atoms with E-state index in [1.807, 2.05) is 25.1 Å². The molecule has 1 fully saturated rings. The molecule has 1 aromatic carbocycles. The van der Waals surface area contributed by atoms with E-state index in [1.54, 1.807) is 18.4 Å². The molecule has 0 saturated carbocycles. The van der Waals surface area contributed by atoms with Crippen molar-refractivity contribution in [3.63, 3.8) is 0 Å². The van der Waals surface area contributed by atoms with Gasteiger partial charge < -0.3 is 14.5 Å². The van der Waals surface area contributed by atoms with Gasteiger partial charge in [0.05, 0.1) is 13.2 Å². The molecule has 1 aliphatic heterocycles. The molecule has 0 unspecified atom stereocenters. The quantitative estimate of drug-likeness (QED) is 0.685. The van der Waals surface area contributed by atoms with Crippen LogP contribution in [0.2, 0.25) is 0 Å². The van der Waals surface area contributed by atoms with E-state index >= 15 is 0 Å². The van der Waals surface area contributed by atoms with E-state index in [9.17, 15) is 4.79 Å². The number of likely N-dealkylation sites (tertiary alicyclic amines) is 1. The number of thiophene rings is 1. The third-order valence-electron chi connectivity index (χ3n) is 5.26. The van der Waals surface area contributed by atoms with Gasteiger partial charge in [-0.05, 0) is 62.5 Å². The highest BCUT2D eigenvalue weighted by molar-refractivity contribution is 7.10. The first-order chi connectivity index (χ1) is 13.2. The highest BCUT2D eigenvalue weighted by Crippen LogP contribution is 2.30. The summed E-state index contributed by atoms with van der Waals surface area (Å²) in [4.78, 5) is 16.6. The van der Waals surface area contributed by atoms with Crippen molar-refractivity contribution in [2.24, 2.45) is 0 Å². The Morgan fingerprint density at radius 1 is 1.33 bits per heavy atom. The molecule has 1 N–H and O–H groups in total. The Hall–Kier alpha value is -2.31. The zero-order valence-electron chi connectivity index (χ0n) is 15.7. The predicted octanol–water partition coefficient (Wildman–Crippen LogP) is 4.38. The number of benzene rings is 1. The second kappa shape index (κ2) is 7.74. The predicted molar refractivity (Wildman–Crippen MR) is 108 cm³/mol. The minimum atomic E-state index is -0.164. The molecule has 3 aromatic rings. The Kier molecular flexibility index (Phi) is 5.18. The molecule has 4 rings (SSSR count). The second-order valence-electron chi connectivity index (χ2n) is 6.90. The van der Waals surface area contributed by atoms with Crippen molar-refractivity contribution in [2.75, 3.05) is 26.7 Å². The average Bonchev–Trinajstić information content (AvgIpc) is 3.44. The third-order valence-corrected chi connectivity index (χ3v) is 6.23. The summed E-state index contributed by atoms with van der Waals surface area (Å²) in [6, 6.07) is 10.0. The number of amides is 1. The number of rotatable bonds is 6. The lowest BCUT2D eigenvalue weighted by molar-refractivity contribution is 0.0912. The number of methoxy groups -OCH3 is 1. The van der Waals surface area contributed by atoms with Crippen LogP contribution < -0.4 is 10.1 Å². The molecule has 2 aromatic heterocycles. The van der Waals surface area contributed by atoms with Crippen LogP contribution in [0.5, 0.6) is 5.75 Å². The van der Waals surface area contributed by atoms with Gasteiger partial charge in [-0.2, -0.15) is 0 Å². The van der Waals surface area contributed by atoms with Gasteiger partial charge in [-0.1, -0.05) is 6.07 Å². The molecular formula is C21H24N2O3S. The SMILES string of the molecule is COc1ccc2oc(C(=O)NC[C@H](c3cccs3)N3CCCC3)c(C)c2c1. The van der Waals surface area contributed by atoms with Crippen LogP contribution in [-0.4, -0.2) is 37.6 Å². The Labute approximate surface area is 162 Å². The van der Waals surface area contributed by atoms with Crippen molar-refractivity contribution in [1.82, 2.24) is 10.2 Å². The fraction of sp³-hybridized carbons (Fsp3) is 0.381. The summed E-state index contributed by atoms with van der Waals surface area (Å²) in [6.45, 7) is 4.67. The number of nitrogens with zero attached hydrogens (tertiary/aromatic N) is 1. The monoisotopic (exact) mass is 384 g/mol. The first-order valence-electron chi connectivity index (χ1n) is 9.30. The van der Waals surface area contributed by atoms with E-state index in [0.29, 0.717) is 17.9 Å². The van der Waals surface area contributed by atoms with Gasteiger partial charge in [0, 0.05) is 22.4 Å². The lowest BCUT2D eigenvalue weighted by atomic mass is 10.1. The Morgan fingerprint density at radius 2 is 2.15 bits per heavy atom. The maximum atomic E-state index is 12.8. The molecule has 1 saturated heterocycles. The van der Waals surface area contributed by atoms with E-state index in [1.165, 1.54) is 17.7 Å². The molecule has 3 heterocycles. The van der Waals surface area contributed by atoms with Crippen LogP contribution in [-0.2, 0) is 0 Å². The number of carbonyl (C=O) groups is 1. The van der Waals surface area contributed by atoms with Crippen LogP contribution in [0.3, 0.4) is 0 Å². The molecule has 1 atom stereocenters. The highest BCUT2D eigenvalue weighted by Gasteiger charge is 2.26. The molecule has 0 radical (unpaired) electrons. The van der Waals surface area contributed by atoms with Crippen molar-refractivity contribution in [3.8, 4) is 5.75 Å². The number of aryl methyl sites for hydroxylation is 1. The summed E-state index contributed by atoms with van der Waals surface area (Å²) >= 11 is 1.75. The van der Waals surface area contributed by atoms with Gasteiger partial charge in [0.2, 0.25) is 0 Å². The summed E-state index contributed by atoms with van der Waals surface area (Å²) in [5.74, 6) is 0.971.